The molecule has 1 atom stereocenters. The molecular formula is C10H18NO. The van der Waals surface area contributed by atoms with Gasteiger partial charge in [-0.1, -0.05) is 12.8 Å². The number of carbonyl (C=O) groups is 1. The largest absolute Gasteiger partial charge is 0.349 e. The Morgan fingerprint density at radius 1 is 1.33 bits per heavy atom. The lowest BCUT2D eigenvalue weighted by Gasteiger charge is -2.18. The Bertz CT molecular complexity index is 146. The zero-order valence-electron chi connectivity index (χ0n) is 8.05. The van der Waals surface area contributed by atoms with Crippen molar-refractivity contribution in [2.24, 2.45) is 5.92 Å². The summed E-state index contributed by atoms with van der Waals surface area (Å²) < 4.78 is 0. The van der Waals surface area contributed by atoms with Crippen LogP contribution < -0.4 is 0 Å². The van der Waals surface area contributed by atoms with E-state index in [0.29, 0.717) is 11.8 Å². The molecule has 0 saturated heterocycles. The minimum Gasteiger partial charge on any atom is -0.349 e. The quantitative estimate of drug-likeness (QED) is 0.547. The third-order valence-electron chi connectivity index (χ3n) is 2.47. The maximum atomic E-state index is 11.6. The Balaban J connectivity index is 2.43. The van der Waals surface area contributed by atoms with E-state index >= 15 is 0 Å². The van der Waals surface area contributed by atoms with Gasteiger partial charge in [-0.15, -0.1) is 0 Å². The lowest BCUT2D eigenvalue weighted by Crippen LogP contribution is -2.29. The van der Waals surface area contributed by atoms with E-state index in [1.165, 1.54) is 12.8 Å². The SMILES string of the molecule is CN(C)C(=O)C1CC[CH]CCC1. The summed E-state index contributed by atoms with van der Waals surface area (Å²) in [5.41, 5.74) is 0. The number of rotatable bonds is 1. The molecule has 0 aliphatic heterocycles. The molecule has 0 spiro atoms. The fourth-order valence-corrected chi connectivity index (χ4v) is 1.73. The van der Waals surface area contributed by atoms with Crippen molar-refractivity contribution < 1.29 is 4.79 Å². The van der Waals surface area contributed by atoms with Crippen molar-refractivity contribution in [2.75, 3.05) is 14.1 Å². The molecule has 0 aromatic carbocycles. The molecule has 1 saturated carbocycles. The molecule has 0 heterocycles. The molecule has 0 aromatic rings. The fraction of sp³-hybridized carbons (Fsp3) is 0.800. The van der Waals surface area contributed by atoms with Crippen LogP contribution in [0.4, 0.5) is 0 Å². The molecule has 1 aliphatic carbocycles. The first-order valence-corrected chi connectivity index (χ1v) is 4.74. The molecule has 1 aliphatic rings. The molecule has 1 amide bonds. The minimum absolute atomic E-state index is 0.291. The first-order valence-electron chi connectivity index (χ1n) is 4.74. The lowest BCUT2D eigenvalue weighted by molar-refractivity contribution is -0.133. The molecular weight excluding hydrogens is 150 g/mol. The Hall–Kier alpha value is -0.530. The van der Waals surface area contributed by atoms with Crippen molar-refractivity contribution in [3.8, 4) is 0 Å². The number of nitrogens with zero attached hydrogens (tertiary/aromatic N) is 1. The summed E-state index contributed by atoms with van der Waals surface area (Å²) in [6.07, 6.45) is 7.93. The highest BCUT2D eigenvalue weighted by Crippen LogP contribution is 2.23. The Morgan fingerprint density at radius 3 is 2.75 bits per heavy atom. The van der Waals surface area contributed by atoms with Crippen molar-refractivity contribution in [3.05, 3.63) is 6.42 Å². The highest BCUT2D eigenvalue weighted by atomic mass is 16.2. The first kappa shape index (κ1) is 9.56. The number of carbonyl (C=O) groups excluding carboxylic acids is 1. The zero-order chi connectivity index (χ0) is 8.97. The molecule has 1 rings (SSSR count). The zero-order valence-corrected chi connectivity index (χ0v) is 8.05. The molecule has 0 N–H and O–H groups in total. The average Bonchev–Trinajstić information content (AvgIpc) is 2.30. The number of amides is 1. The van der Waals surface area contributed by atoms with Crippen molar-refractivity contribution in [3.63, 3.8) is 0 Å². The fourth-order valence-electron chi connectivity index (χ4n) is 1.73. The van der Waals surface area contributed by atoms with E-state index in [2.05, 4.69) is 6.42 Å². The van der Waals surface area contributed by atoms with E-state index in [4.69, 9.17) is 0 Å². The van der Waals surface area contributed by atoms with Crippen LogP contribution in [0.2, 0.25) is 0 Å². The van der Waals surface area contributed by atoms with Crippen LogP contribution in [0, 0.1) is 12.3 Å². The third-order valence-corrected chi connectivity index (χ3v) is 2.47. The van der Waals surface area contributed by atoms with Gasteiger partial charge in [-0.25, -0.2) is 0 Å². The summed E-state index contributed by atoms with van der Waals surface area (Å²) >= 11 is 0. The third kappa shape index (κ3) is 2.50. The Morgan fingerprint density at radius 2 is 2.08 bits per heavy atom. The van der Waals surface area contributed by atoms with Crippen molar-refractivity contribution in [1.82, 2.24) is 4.90 Å². The summed E-state index contributed by atoms with van der Waals surface area (Å²) in [7, 11) is 3.69. The van der Waals surface area contributed by atoms with E-state index < -0.39 is 0 Å². The second-order valence-corrected chi connectivity index (χ2v) is 3.73. The molecule has 0 bridgehead atoms. The van der Waals surface area contributed by atoms with Crippen LogP contribution in [0.5, 0.6) is 0 Å². The second kappa shape index (κ2) is 4.48. The average molecular weight is 168 g/mol. The highest BCUT2D eigenvalue weighted by Gasteiger charge is 2.20. The number of hydrogen-bond acceptors (Lipinski definition) is 1. The van der Waals surface area contributed by atoms with E-state index in [9.17, 15) is 4.79 Å². The van der Waals surface area contributed by atoms with Crippen LogP contribution >= 0.6 is 0 Å². The Kier molecular flexibility index (Phi) is 3.57. The second-order valence-electron chi connectivity index (χ2n) is 3.73. The minimum atomic E-state index is 0.291. The van der Waals surface area contributed by atoms with E-state index in [-0.39, 0.29) is 0 Å². The van der Waals surface area contributed by atoms with Crippen LogP contribution in [0.15, 0.2) is 0 Å². The lowest BCUT2D eigenvalue weighted by atomic mass is 9.99. The maximum absolute atomic E-state index is 11.6. The van der Waals surface area contributed by atoms with Crippen LogP contribution in [-0.2, 0) is 4.79 Å². The van der Waals surface area contributed by atoms with Gasteiger partial charge in [0, 0.05) is 20.0 Å². The van der Waals surface area contributed by atoms with E-state index in [1.807, 2.05) is 14.1 Å². The smallest absolute Gasteiger partial charge is 0.225 e. The van der Waals surface area contributed by atoms with Gasteiger partial charge < -0.3 is 4.90 Å². The molecule has 0 aromatic heterocycles. The summed E-state index contributed by atoms with van der Waals surface area (Å²) in [6.45, 7) is 0. The first-order chi connectivity index (χ1) is 5.72. The molecule has 12 heavy (non-hydrogen) atoms. The van der Waals surface area contributed by atoms with Gasteiger partial charge in [0.2, 0.25) is 5.91 Å². The normalized spacial score (nSPS) is 20.2. The topological polar surface area (TPSA) is 20.3 Å². The van der Waals surface area contributed by atoms with Gasteiger partial charge in [0.25, 0.3) is 0 Å². The van der Waals surface area contributed by atoms with Crippen LogP contribution in [0.3, 0.4) is 0 Å². The van der Waals surface area contributed by atoms with Gasteiger partial charge in [-0.3, -0.25) is 4.79 Å². The molecule has 1 radical (unpaired) electrons. The molecule has 2 nitrogen and oxygen atoms in total. The van der Waals surface area contributed by atoms with E-state index in [0.717, 1.165) is 19.3 Å². The Labute approximate surface area is 74.9 Å². The van der Waals surface area contributed by atoms with Crippen molar-refractivity contribution >= 4 is 5.91 Å². The van der Waals surface area contributed by atoms with Gasteiger partial charge in [-0.05, 0) is 25.7 Å². The summed E-state index contributed by atoms with van der Waals surface area (Å²) in [5.74, 6) is 0.601. The van der Waals surface area contributed by atoms with E-state index in [1.54, 1.807) is 4.90 Å². The van der Waals surface area contributed by atoms with Gasteiger partial charge in [0.05, 0.1) is 0 Å². The summed E-state index contributed by atoms with van der Waals surface area (Å²) in [4.78, 5) is 13.3. The maximum Gasteiger partial charge on any atom is 0.225 e. The molecule has 1 unspecified atom stereocenters. The van der Waals surface area contributed by atoms with Crippen LogP contribution in [0.1, 0.15) is 32.1 Å². The predicted octanol–water partition coefficient (Wildman–Crippen LogP) is 1.86. The van der Waals surface area contributed by atoms with Crippen molar-refractivity contribution in [2.45, 2.75) is 32.1 Å². The van der Waals surface area contributed by atoms with Crippen LogP contribution in [-0.4, -0.2) is 24.9 Å². The van der Waals surface area contributed by atoms with Gasteiger partial charge in [0.1, 0.15) is 0 Å². The summed E-state index contributed by atoms with van der Waals surface area (Å²) in [5, 5.41) is 0. The summed E-state index contributed by atoms with van der Waals surface area (Å²) in [6, 6.07) is 0. The monoisotopic (exact) mass is 168 g/mol. The molecule has 2 heteroatoms. The molecule has 69 valence electrons. The van der Waals surface area contributed by atoms with Gasteiger partial charge in [0.15, 0.2) is 0 Å². The molecule has 1 fully saturated rings. The van der Waals surface area contributed by atoms with Crippen molar-refractivity contribution in [1.29, 1.82) is 0 Å². The van der Waals surface area contributed by atoms with Gasteiger partial charge >= 0.3 is 0 Å². The highest BCUT2D eigenvalue weighted by molar-refractivity contribution is 5.78. The standard InChI is InChI=1S/C10H18NO/c1-11(2)10(12)9-7-5-3-4-6-8-9/h3,9H,4-8H2,1-2H3. The van der Waals surface area contributed by atoms with Gasteiger partial charge in [-0.2, -0.15) is 0 Å². The predicted molar refractivity (Wildman–Crippen MR) is 49.6 cm³/mol. The van der Waals surface area contributed by atoms with Crippen LogP contribution in [0.25, 0.3) is 0 Å². The number of hydrogen-bond donors (Lipinski definition) is 0.